The first-order chi connectivity index (χ1) is 10.7. The van der Waals surface area contributed by atoms with Gasteiger partial charge in [0.05, 0.1) is 13.2 Å². The topological polar surface area (TPSA) is 82.6 Å². The molecule has 0 aliphatic carbocycles. The smallest absolute Gasteiger partial charge is 0.443 e. The van der Waals surface area contributed by atoms with Gasteiger partial charge in [-0.05, 0) is 13.8 Å². The molecule has 0 saturated carbocycles. The van der Waals surface area contributed by atoms with Crippen molar-refractivity contribution in [3.8, 4) is 0 Å². The lowest BCUT2D eigenvalue weighted by Gasteiger charge is -1.99. The van der Waals surface area contributed by atoms with Crippen molar-refractivity contribution < 1.29 is 37.0 Å². The van der Waals surface area contributed by atoms with Crippen molar-refractivity contribution in [2.45, 2.75) is 33.4 Å². The second-order valence-electron chi connectivity index (χ2n) is 3.75. The van der Waals surface area contributed by atoms with Crippen LogP contribution in [0, 0.1) is 0 Å². The molecular weight excluding hydrogens is 339 g/mol. The van der Waals surface area contributed by atoms with E-state index in [2.05, 4.69) is 14.5 Å². The Kier molecular flexibility index (Phi) is 9.08. The number of hydrogen-bond donors (Lipinski definition) is 0. The molecular formula is C13H16F3NO5S. The van der Waals surface area contributed by atoms with Gasteiger partial charge in [-0.1, -0.05) is 6.92 Å². The summed E-state index contributed by atoms with van der Waals surface area (Å²) in [7, 11) is 0. The third kappa shape index (κ3) is 7.73. The molecule has 1 rings (SSSR count). The number of ether oxygens (including phenoxy) is 2. The van der Waals surface area contributed by atoms with Gasteiger partial charge in [0.1, 0.15) is 0 Å². The van der Waals surface area contributed by atoms with Crippen LogP contribution in [0.5, 0.6) is 0 Å². The van der Waals surface area contributed by atoms with E-state index >= 15 is 0 Å². The number of rotatable bonds is 5. The number of thiazole rings is 1. The van der Waals surface area contributed by atoms with Crippen LogP contribution in [0.1, 0.15) is 42.7 Å². The zero-order chi connectivity index (χ0) is 18.0. The Balaban J connectivity index is 0.000000468. The quantitative estimate of drug-likeness (QED) is 0.597. The SMILES string of the molecule is CCOC(=O)C(=O)CC.CCOC(=O)c1csc(C(F)(F)F)n1. The fraction of sp³-hybridized carbons (Fsp3) is 0.538. The van der Waals surface area contributed by atoms with Crippen molar-refractivity contribution in [3.05, 3.63) is 16.1 Å². The first-order valence-corrected chi connectivity index (χ1v) is 7.45. The molecule has 1 aromatic rings. The van der Waals surface area contributed by atoms with E-state index in [1.54, 1.807) is 20.8 Å². The van der Waals surface area contributed by atoms with Crippen molar-refractivity contribution in [2.24, 2.45) is 0 Å². The highest BCUT2D eigenvalue weighted by atomic mass is 32.1. The fourth-order valence-corrected chi connectivity index (χ4v) is 1.72. The second-order valence-corrected chi connectivity index (χ2v) is 4.61. The first kappa shape index (κ1) is 21.0. The molecule has 1 aromatic heterocycles. The number of ketones is 1. The summed E-state index contributed by atoms with van der Waals surface area (Å²) in [5.74, 6) is -2.02. The van der Waals surface area contributed by atoms with Crippen molar-refractivity contribution in [3.63, 3.8) is 0 Å². The van der Waals surface area contributed by atoms with Crippen LogP contribution in [-0.4, -0.2) is 35.9 Å². The van der Waals surface area contributed by atoms with Gasteiger partial charge in [-0.3, -0.25) is 4.79 Å². The van der Waals surface area contributed by atoms with E-state index in [9.17, 15) is 27.6 Å². The monoisotopic (exact) mass is 355 g/mol. The highest BCUT2D eigenvalue weighted by Gasteiger charge is 2.35. The summed E-state index contributed by atoms with van der Waals surface area (Å²) in [4.78, 5) is 34.9. The number of Topliss-reactive ketones (excluding diaryl/α,β-unsaturated/α-hetero) is 1. The highest BCUT2D eigenvalue weighted by molar-refractivity contribution is 7.09. The Hall–Kier alpha value is -1.97. The Labute approximate surface area is 134 Å². The number of halogens is 3. The van der Waals surface area contributed by atoms with E-state index in [4.69, 9.17) is 0 Å². The van der Waals surface area contributed by atoms with Gasteiger partial charge in [0.2, 0.25) is 5.78 Å². The normalized spacial score (nSPS) is 10.3. The van der Waals surface area contributed by atoms with Crippen LogP contribution in [-0.2, 0) is 25.2 Å². The van der Waals surface area contributed by atoms with Gasteiger partial charge in [0.15, 0.2) is 10.7 Å². The Morgan fingerprint density at radius 2 is 1.70 bits per heavy atom. The van der Waals surface area contributed by atoms with Gasteiger partial charge in [0.25, 0.3) is 0 Å². The van der Waals surface area contributed by atoms with Crippen LogP contribution < -0.4 is 0 Å². The highest BCUT2D eigenvalue weighted by Crippen LogP contribution is 2.31. The van der Waals surface area contributed by atoms with Gasteiger partial charge in [-0.25, -0.2) is 14.6 Å². The molecule has 0 unspecified atom stereocenters. The van der Waals surface area contributed by atoms with Gasteiger partial charge in [-0.2, -0.15) is 13.2 Å². The van der Waals surface area contributed by atoms with E-state index in [0.717, 1.165) is 5.38 Å². The minimum absolute atomic E-state index is 0.109. The molecule has 0 atom stereocenters. The van der Waals surface area contributed by atoms with E-state index in [-0.39, 0.29) is 25.3 Å². The van der Waals surface area contributed by atoms with Gasteiger partial charge < -0.3 is 9.47 Å². The van der Waals surface area contributed by atoms with Crippen LogP contribution in [0.15, 0.2) is 5.38 Å². The van der Waals surface area contributed by atoms with Crippen molar-refractivity contribution in [2.75, 3.05) is 13.2 Å². The number of aromatic nitrogens is 1. The van der Waals surface area contributed by atoms with Crippen LogP contribution in [0.2, 0.25) is 0 Å². The molecule has 1 heterocycles. The number of nitrogens with zero attached hydrogens (tertiary/aromatic N) is 1. The summed E-state index contributed by atoms with van der Waals surface area (Å²) < 4.78 is 45.0. The van der Waals surface area contributed by atoms with Crippen molar-refractivity contribution in [1.29, 1.82) is 0 Å². The zero-order valence-electron chi connectivity index (χ0n) is 12.7. The summed E-state index contributed by atoms with van der Waals surface area (Å²) in [5, 5.41) is -0.0126. The number of alkyl halides is 3. The molecule has 0 aliphatic heterocycles. The summed E-state index contributed by atoms with van der Waals surface area (Å²) >= 11 is 0.374. The average Bonchev–Trinajstić information content (AvgIpc) is 2.97. The Bertz CT molecular complexity index is 542. The third-order valence-electron chi connectivity index (χ3n) is 2.06. The maximum Gasteiger partial charge on any atom is 0.443 e. The Morgan fingerprint density at radius 1 is 1.13 bits per heavy atom. The fourth-order valence-electron chi connectivity index (χ4n) is 1.06. The number of carbonyl (C=O) groups is 3. The summed E-state index contributed by atoms with van der Waals surface area (Å²) in [6.45, 7) is 5.23. The summed E-state index contributed by atoms with van der Waals surface area (Å²) in [5.41, 5.74) is -0.302. The largest absolute Gasteiger partial charge is 0.461 e. The molecule has 0 fully saturated rings. The number of hydrogen-bond acceptors (Lipinski definition) is 7. The van der Waals surface area contributed by atoms with Crippen molar-refractivity contribution in [1.82, 2.24) is 4.98 Å². The van der Waals surface area contributed by atoms with E-state index < -0.39 is 28.9 Å². The molecule has 0 saturated heterocycles. The molecule has 0 amide bonds. The molecule has 10 heteroatoms. The maximum absolute atomic E-state index is 12.0. The van der Waals surface area contributed by atoms with E-state index in [1.807, 2.05) is 0 Å². The van der Waals surface area contributed by atoms with Crippen molar-refractivity contribution >= 4 is 29.1 Å². The molecule has 0 spiro atoms. The lowest BCUT2D eigenvalue weighted by Crippen LogP contribution is -2.15. The maximum atomic E-state index is 12.0. The molecule has 0 radical (unpaired) electrons. The standard InChI is InChI=1S/C7H6F3NO2S.C6H10O3/c1-2-13-5(12)4-3-14-6(11-4)7(8,9)10;1-3-5(7)6(8)9-4-2/h3H,2H2,1H3;3-4H2,1-2H3. The minimum atomic E-state index is -4.50. The van der Waals surface area contributed by atoms with Crippen LogP contribution in [0.25, 0.3) is 0 Å². The summed E-state index contributed by atoms with van der Waals surface area (Å²) in [6.07, 6.45) is -4.28. The predicted molar refractivity (Wildman–Crippen MR) is 75.0 cm³/mol. The molecule has 0 aliphatic rings. The number of esters is 2. The van der Waals surface area contributed by atoms with Gasteiger partial charge >= 0.3 is 18.1 Å². The van der Waals surface area contributed by atoms with Crippen LogP contribution in [0.4, 0.5) is 13.2 Å². The lowest BCUT2D eigenvalue weighted by molar-refractivity contribution is -0.153. The minimum Gasteiger partial charge on any atom is -0.461 e. The predicted octanol–water partition coefficient (Wildman–Crippen LogP) is 2.87. The molecule has 0 bridgehead atoms. The molecule has 23 heavy (non-hydrogen) atoms. The third-order valence-corrected chi connectivity index (χ3v) is 2.94. The first-order valence-electron chi connectivity index (χ1n) is 6.57. The second kappa shape index (κ2) is 9.93. The van der Waals surface area contributed by atoms with E-state index in [0.29, 0.717) is 11.3 Å². The van der Waals surface area contributed by atoms with E-state index in [1.165, 1.54) is 0 Å². The molecule has 130 valence electrons. The van der Waals surface area contributed by atoms with Gasteiger partial charge in [0, 0.05) is 11.8 Å². The zero-order valence-corrected chi connectivity index (χ0v) is 13.5. The van der Waals surface area contributed by atoms with Gasteiger partial charge in [-0.15, -0.1) is 11.3 Å². The average molecular weight is 355 g/mol. The number of carbonyl (C=O) groups excluding carboxylic acids is 3. The molecule has 0 aromatic carbocycles. The van der Waals surface area contributed by atoms with Crippen LogP contribution in [0.3, 0.4) is 0 Å². The summed E-state index contributed by atoms with van der Waals surface area (Å²) in [6, 6.07) is 0. The Morgan fingerprint density at radius 3 is 2.09 bits per heavy atom. The molecule has 6 nitrogen and oxygen atoms in total. The van der Waals surface area contributed by atoms with Crippen LogP contribution >= 0.6 is 11.3 Å². The molecule has 0 N–H and O–H groups in total. The lowest BCUT2D eigenvalue weighted by atomic mass is 10.3.